The van der Waals surface area contributed by atoms with Crippen LogP contribution in [-0.2, 0) is 6.42 Å². The predicted molar refractivity (Wildman–Crippen MR) is 241 cm³/mol. The summed E-state index contributed by atoms with van der Waals surface area (Å²) in [5.41, 5.74) is 17.5. The van der Waals surface area contributed by atoms with Gasteiger partial charge in [0.05, 0.1) is 16.6 Å². The fourth-order valence-electron chi connectivity index (χ4n) is 9.10. The summed E-state index contributed by atoms with van der Waals surface area (Å²) >= 11 is 0. The molecule has 0 N–H and O–H groups in total. The van der Waals surface area contributed by atoms with Crippen LogP contribution in [-0.4, -0.2) is 9.13 Å². The summed E-state index contributed by atoms with van der Waals surface area (Å²) in [7, 11) is 0. The highest BCUT2D eigenvalue weighted by Gasteiger charge is 2.20. The molecule has 2 aromatic heterocycles. The first-order valence-electron chi connectivity index (χ1n) is 20.0. The zero-order valence-corrected chi connectivity index (χ0v) is 31.6. The largest absolute Gasteiger partial charge is 0.313 e. The van der Waals surface area contributed by atoms with Gasteiger partial charge >= 0.3 is 0 Å². The lowest BCUT2D eigenvalue weighted by atomic mass is 9.87. The van der Waals surface area contributed by atoms with Gasteiger partial charge in [-0.2, -0.15) is 0 Å². The zero-order chi connectivity index (χ0) is 37.7. The van der Waals surface area contributed by atoms with Crippen LogP contribution in [0, 0.1) is 0 Å². The summed E-state index contributed by atoms with van der Waals surface area (Å²) in [5, 5.41) is 3.79. The highest BCUT2D eigenvalue weighted by atomic mass is 15.0. The molecule has 7 aromatic carbocycles. The molecule has 0 spiro atoms. The van der Waals surface area contributed by atoms with Gasteiger partial charge in [0.25, 0.3) is 0 Å². The molecule has 57 heavy (non-hydrogen) atoms. The first-order chi connectivity index (χ1) is 28.3. The first-order valence-corrected chi connectivity index (χ1v) is 20.0. The van der Waals surface area contributed by atoms with Gasteiger partial charge in [0.15, 0.2) is 0 Å². The van der Waals surface area contributed by atoms with Crippen molar-refractivity contribution in [1.82, 2.24) is 9.13 Å². The SMILES string of the molecule is C1=CC(c2ccc3c(c2)c2ccc(-c4ccc(C5C=CC(c6ccccc6)=CC5)cc4)cc2n3-c2ccccc2)=Cc2c(n(-c3ccccc3)c3ccccc23)C1. The van der Waals surface area contributed by atoms with Crippen molar-refractivity contribution in [2.45, 2.75) is 18.8 Å². The smallest absolute Gasteiger partial charge is 0.0547 e. The van der Waals surface area contributed by atoms with Crippen LogP contribution in [0.15, 0.2) is 206 Å². The molecule has 270 valence electrons. The van der Waals surface area contributed by atoms with E-state index in [2.05, 4.69) is 222 Å². The highest BCUT2D eigenvalue weighted by Crippen LogP contribution is 2.40. The Morgan fingerprint density at radius 3 is 1.86 bits per heavy atom. The van der Waals surface area contributed by atoms with E-state index in [1.165, 1.54) is 88.6 Å². The molecule has 0 amide bonds. The Kier molecular flexibility index (Phi) is 8.07. The number of para-hydroxylation sites is 3. The molecular weight excluding hydrogens is 689 g/mol. The van der Waals surface area contributed by atoms with Crippen molar-refractivity contribution in [2.75, 3.05) is 0 Å². The normalized spacial score (nSPS) is 15.1. The minimum absolute atomic E-state index is 0.385. The van der Waals surface area contributed by atoms with Crippen molar-refractivity contribution in [3.63, 3.8) is 0 Å². The molecule has 0 radical (unpaired) electrons. The molecule has 1 unspecified atom stereocenters. The number of fused-ring (bicyclic) bond motifs is 6. The molecule has 2 aliphatic rings. The Morgan fingerprint density at radius 2 is 1.11 bits per heavy atom. The van der Waals surface area contributed by atoms with Crippen LogP contribution in [0.2, 0.25) is 0 Å². The molecule has 1 atom stereocenters. The van der Waals surface area contributed by atoms with Gasteiger partial charge in [0.1, 0.15) is 0 Å². The third kappa shape index (κ3) is 5.81. The van der Waals surface area contributed by atoms with Crippen molar-refractivity contribution < 1.29 is 0 Å². The van der Waals surface area contributed by atoms with Crippen LogP contribution in [0.4, 0.5) is 0 Å². The van der Waals surface area contributed by atoms with Crippen LogP contribution >= 0.6 is 0 Å². The van der Waals surface area contributed by atoms with Gasteiger partial charge in [-0.1, -0.05) is 158 Å². The Bertz CT molecular complexity index is 3080. The third-order valence-electron chi connectivity index (χ3n) is 11.9. The first kappa shape index (κ1) is 33.2. The zero-order valence-electron chi connectivity index (χ0n) is 31.6. The van der Waals surface area contributed by atoms with E-state index in [4.69, 9.17) is 0 Å². The molecule has 2 heterocycles. The standard InChI is InChI=1S/C55H40N2/c1-4-13-38(14-5-1)39-23-25-40(26-24-39)41-27-29-42(30-28-41)45-31-33-49-51-36-44(32-34-54(51)57(55(49)37-45)47-18-8-3-9-19-47)43-15-12-22-53-50(35-43)48-20-10-11-21-52(48)56(53)46-16-6-2-7-17-46/h1-21,23-25,27-37,40H,22,26H2. The number of aromatic nitrogens is 2. The lowest BCUT2D eigenvalue weighted by Crippen LogP contribution is -1.99. The van der Waals surface area contributed by atoms with Gasteiger partial charge in [0.2, 0.25) is 0 Å². The van der Waals surface area contributed by atoms with E-state index >= 15 is 0 Å². The van der Waals surface area contributed by atoms with E-state index in [0.717, 1.165) is 18.5 Å². The third-order valence-corrected chi connectivity index (χ3v) is 11.9. The number of hydrogen-bond donors (Lipinski definition) is 0. The fourth-order valence-corrected chi connectivity index (χ4v) is 9.10. The van der Waals surface area contributed by atoms with E-state index in [1.807, 2.05) is 0 Å². The minimum atomic E-state index is 0.385. The van der Waals surface area contributed by atoms with Crippen molar-refractivity contribution >= 4 is 49.9 Å². The lowest BCUT2D eigenvalue weighted by Gasteiger charge is -2.17. The van der Waals surface area contributed by atoms with Gasteiger partial charge in [-0.3, -0.25) is 0 Å². The topological polar surface area (TPSA) is 9.86 Å². The average Bonchev–Trinajstić information content (AvgIpc) is 3.68. The van der Waals surface area contributed by atoms with Gasteiger partial charge < -0.3 is 9.13 Å². The second-order valence-electron chi connectivity index (χ2n) is 15.2. The van der Waals surface area contributed by atoms with E-state index in [9.17, 15) is 0 Å². The molecule has 0 saturated carbocycles. The van der Waals surface area contributed by atoms with Crippen molar-refractivity contribution in [2.24, 2.45) is 0 Å². The molecule has 0 aliphatic heterocycles. The van der Waals surface area contributed by atoms with E-state index < -0.39 is 0 Å². The maximum atomic E-state index is 2.43. The summed E-state index contributed by atoms with van der Waals surface area (Å²) in [6.07, 6.45) is 15.9. The summed E-state index contributed by atoms with van der Waals surface area (Å²) in [5.74, 6) is 0.385. The van der Waals surface area contributed by atoms with Crippen molar-refractivity contribution in [3.05, 3.63) is 234 Å². The highest BCUT2D eigenvalue weighted by molar-refractivity contribution is 6.12. The summed E-state index contributed by atoms with van der Waals surface area (Å²) in [6.45, 7) is 0. The molecule has 0 fully saturated rings. The molecule has 9 aromatic rings. The van der Waals surface area contributed by atoms with Crippen LogP contribution in [0.5, 0.6) is 0 Å². The minimum Gasteiger partial charge on any atom is -0.313 e. The number of benzene rings is 7. The quantitative estimate of drug-likeness (QED) is 0.161. The predicted octanol–water partition coefficient (Wildman–Crippen LogP) is 14.2. The summed E-state index contributed by atoms with van der Waals surface area (Å²) < 4.78 is 4.86. The Labute approximate surface area is 333 Å². The molecular formula is C55H40N2. The molecule has 11 rings (SSSR count). The van der Waals surface area contributed by atoms with Crippen LogP contribution in [0.25, 0.3) is 72.4 Å². The van der Waals surface area contributed by atoms with E-state index in [1.54, 1.807) is 0 Å². The maximum absolute atomic E-state index is 2.43. The van der Waals surface area contributed by atoms with Gasteiger partial charge in [0, 0.05) is 51.1 Å². The Balaban J connectivity index is 0.979. The number of nitrogens with zero attached hydrogens (tertiary/aromatic N) is 2. The second kappa shape index (κ2) is 13.8. The van der Waals surface area contributed by atoms with Gasteiger partial charge in [-0.05, 0) is 100.0 Å². The monoisotopic (exact) mass is 728 g/mol. The van der Waals surface area contributed by atoms with Crippen molar-refractivity contribution in [1.29, 1.82) is 0 Å². The Morgan fingerprint density at radius 1 is 0.439 bits per heavy atom. The summed E-state index contributed by atoms with van der Waals surface area (Å²) in [6, 6.07) is 64.2. The average molecular weight is 729 g/mol. The molecule has 2 aliphatic carbocycles. The van der Waals surface area contributed by atoms with Crippen LogP contribution in [0.1, 0.15) is 40.3 Å². The molecule has 2 nitrogen and oxygen atoms in total. The van der Waals surface area contributed by atoms with Gasteiger partial charge in [-0.15, -0.1) is 0 Å². The molecule has 2 heteroatoms. The number of allylic oxidation sites excluding steroid dienone is 7. The fraction of sp³-hybridized carbons (Fsp3) is 0.0545. The van der Waals surface area contributed by atoms with Gasteiger partial charge in [-0.25, -0.2) is 0 Å². The molecule has 0 saturated heterocycles. The van der Waals surface area contributed by atoms with Crippen LogP contribution < -0.4 is 0 Å². The lowest BCUT2D eigenvalue weighted by molar-refractivity contribution is 0.857. The van der Waals surface area contributed by atoms with E-state index in [-0.39, 0.29) is 0 Å². The van der Waals surface area contributed by atoms with E-state index in [0.29, 0.717) is 5.92 Å². The number of hydrogen-bond acceptors (Lipinski definition) is 0. The second-order valence-corrected chi connectivity index (χ2v) is 15.2. The summed E-state index contributed by atoms with van der Waals surface area (Å²) in [4.78, 5) is 0. The van der Waals surface area contributed by atoms with Crippen LogP contribution in [0.3, 0.4) is 0 Å². The number of rotatable bonds is 6. The Hall–Kier alpha value is -7.16. The molecule has 0 bridgehead atoms. The maximum Gasteiger partial charge on any atom is 0.0547 e. The van der Waals surface area contributed by atoms with Crippen molar-refractivity contribution in [3.8, 4) is 22.5 Å².